The minimum Gasteiger partial charge on any atom is -0.376 e. The van der Waals surface area contributed by atoms with Crippen LogP contribution < -0.4 is 5.32 Å². The minimum atomic E-state index is 0.152. The molecule has 0 amide bonds. The van der Waals surface area contributed by atoms with Crippen molar-refractivity contribution in [2.75, 3.05) is 11.9 Å². The molecule has 3 atom stereocenters. The molecule has 0 spiro atoms. The lowest BCUT2D eigenvalue weighted by atomic mass is 9.77. The third-order valence-corrected chi connectivity index (χ3v) is 4.92. The number of rotatable bonds is 1. The normalized spacial score (nSPS) is 27.4. The third-order valence-electron chi connectivity index (χ3n) is 4.61. The molecule has 0 unspecified atom stereocenters. The van der Waals surface area contributed by atoms with Crippen molar-refractivity contribution >= 4 is 17.3 Å². The van der Waals surface area contributed by atoms with Gasteiger partial charge in [-0.25, -0.2) is 0 Å². The van der Waals surface area contributed by atoms with E-state index in [1.807, 2.05) is 12.1 Å². The summed E-state index contributed by atoms with van der Waals surface area (Å²) in [6.07, 6.45) is 2.46. The van der Waals surface area contributed by atoms with Crippen molar-refractivity contribution in [3.05, 3.63) is 64.7 Å². The highest BCUT2D eigenvalue weighted by Gasteiger charge is 2.40. The number of benzene rings is 2. The lowest BCUT2D eigenvalue weighted by Crippen LogP contribution is -2.36. The van der Waals surface area contributed by atoms with Gasteiger partial charge < -0.3 is 10.1 Å². The molecule has 0 aromatic heterocycles. The highest BCUT2D eigenvalue weighted by molar-refractivity contribution is 6.33. The molecular weight excluding hydrogens is 282 g/mol. The topological polar surface area (TPSA) is 21.3 Å². The molecule has 0 bridgehead atoms. The summed E-state index contributed by atoms with van der Waals surface area (Å²) in [6, 6.07) is 17.0. The van der Waals surface area contributed by atoms with Crippen molar-refractivity contribution in [3.63, 3.8) is 0 Å². The van der Waals surface area contributed by atoms with Crippen LogP contribution in [0.1, 0.15) is 36.1 Å². The average Bonchev–Trinajstić information content (AvgIpc) is 2.55. The predicted molar refractivity (Wildman–Crippen MR) is 85.7 cm³/mol. The van der Waals surface area contributed by atoms with E-state index in [4.69, 9.17) is 16.3 Å². The van der Waals surface area contributed by atoms with Crippen LogP contribution in [0.2, 0.25) is 5.02 Å². The van der Waals surface area contributed by atoms with Gasteiger partial charge >= 0.3 is 0 Å². The van der Waals surface area contributed by atoms with Crippen LogP contribution in [0, 0.1) is 5.92 Å². The summed E-state index contributed by atoms with van der Waals surface area (Å²) in [6.45, 7) is 0.842. The molecule has 4 rings (SSSR count). The van der Waals surface area contributed by atoms with E-state index in [0.29, 0.717) is 5.92 Å². The van der Waals surface area contributed by atoms with Crippen LogP contribution in [0.25, 0.3) is 0 Å². The van der Waals surface area contributed by atoms with Crippen molar-refractivity contribution in [2.24, 2.45) is 5.92 Å². The van der Waals surface area contributed by atoms with E-state index in [9.17, 15) is 0 Å². The zero-order valence-electron chi connectivity index (χ0n) is 11.8. The number of fused-ring (bicyclic) bond motifs is 3. The number of hydrogen-bond acceptors (Lipinski definition) is 2. The molecule has 2 aliphatic rings. The van der Waals surface area contributed by atoms with Crippen LogP contribution in [0.4, 0.5) is 5.69 Å². The van der Waals surface area contributed by atoms with Crippen molar-refractivity contribution < 1.29 is 4.74 Å². The maximum Gasteiger partial charge on any atom is 0.0896 e. The largest absolute Gasteiger partial charge is 0.376 e. The zero-order valence-corrected chi connectivity index (χ0v) is 12.5. The Morgan fingerprint density at radius 3 is 2.76 bits per heavy atom. The molecular formula is C18H18ClNO. The van der Waals surface area contributed by atoms with E-state index in [0.717, 1.165) is 23.7 Å². The lowest BCUT2D eigenvalue weighted by molar-refractivity contribution is -0.0381. The van der Waals surface area contributed by atoms with Gasteiger partial charge in [0.15, 0.2) is 0 Å². The Kier molecular flexibility index (Phi) is 3.36. The molecule has 3 heteroatoms. The highest BCUT2D eigenvalue weighted by atomic mass is 35.5. The summed E-state index contributed by atoms with van der Waals surface area (Å²) in [5.41, 5.74) is 3.55. The molecule has 2 aliphatic heterocycles. The second-order valence-corrected chi connectivity index (χ2v) is 6.24. The molecule has 2 nitrogen and oxygen atoms in total. The smallest absolute Gasteiger partial charge is 0.0896 e. The fourth-order valence-corrected chi connectivity index (χ4v) is 3.89. The summed E-state index contributed by atoms with van der Waals surface area (Å²) in [5, 5.41) is 4.45. The second-order valence-electron chi connectivity index (χ2n) is 5.83. The van der Waals surface area contributed by atoms with Crippen molar-refractivity contribution in [2.45, 2.75) is 25.0 Å². The van der Waals surface area contributed by atoms with Gasteiger partial charge in [-0.1, -0.05) is 54.1 Å². The summed E-state index contributed by atoms with van der Waals surface area (Å²) in [5.74, 6) is 0.465. The molecule has 2 heterocycles. The van der Waals surface area contributed by atoms with Crippen molar-refractivity contribution in [3.8, 4) is 0 Å². The first-order valence-corrected chi connectivity index (χ1v) is 7.94. The van der Waals surface area contributed by atoms with Gasteiger partial charge in [0.2, 0.25) is 0 Å². The number of ether oxygens (including phenoxy) is 1. The quantitative estimate of drug-likeness (QED) is 0.802. The van der Waals surface area contributed by atoms with Gasteiger partial charge in [-0.3, -0.25) is 0 Å². The number of para-hydroxylation sites is 1. The first kappa shape index (κ1) is 13.2. The van der Waals surface area contributed by atoms with Crippen LogP contribution in [0.3, 0.4) is 0 Å². The van der Waals surface area contributed by atoms with E-state index in [2.05, 4.69) is 41.7 Å². The van der Waals surface area contributed by atoms with Crippen LogP contribution >= 0.6 is 11.6 Å². The lowest BCUT2D eigenvalue weighted by Gasteiger charge is -2.43. The Labute approximate surface area is 130 Å². The van der Waals surface area contributed by atoms with Gasteiger partial charge in [0.25, 0.3) is 0 Å². The Morgan fingerprint density at radius 2 is 1.90 bits per heavy atom. The number of halogens is 1. The molecule has 21 heavy (non-hydrogen) atoms. The molecule has 2 aromatic rings. The van der Waals surface area contributed by atoms with Crippen LogP contribution in [-0.4, -0.2) is 6.61 Å². The Hall–Kier alpha value is -1.51. The molecule has 1 fully saturated rings. The molecule has 1 saturated heterocycles. The van der Waals surface area contributed by atoms with E-state index in [1.165, 1.54) is 17.5 Å². The SMILES string of the molecule is Clc1cccc2c1N[C@H](c1ccccc1)[C@H]1CCCO[C@H]21. The Balaban J connectivity index is 1.81. The summed E-state index contributed by atoms with van der Waals surface area (Å²) >= 11 is 6.41. The monoisotopic (exact) mass is 299 g/mol. The number of nitrogens with one attached hydrogen (secondary N) is 1. The Morgan fingerprint density at radius 1 is 1.05 bits per heavy atom. The molecule has 0 saturated carbocycles. The average molecular weight is 300 g/mol. The number of anilines is 1. The maximum atomic E-state index is 6.41. The number of hydrogen-bond donors (Lipinski definition) is 1. The van der Waals surface area contributed by atoms with Gasteiger partial charge in [0.05, 0.1) is 22.9 Å². The summed E-state index contributed by atoms with van der Waals surface area (Å²) < 4.78 is 6.12. The van der Waals surface area contributed by atoms with Gasteiger partial charge in [-0.15, -0.1) is 0 Å². The summed E-state index contributed by atoms with van der Waals surface area (Å²) in [7, 11) is 0. The zero-order chi connectivity index (χ0) is 14.2. The van der Waals surface area contributed by atoms with Gasteiger partial charge in [0, 0.05) is 18.1 Å². The maximum absolute atomic E-state index is 6.41. The van der Waals surface area contributed by atoms with E-state index in [-0.39, 0.29) is 12.1 Å². The van der Waals surface area contributed by atoms with Gasteiger partial charge in [-0.2, -0.15) is 0 Å². The first-order valence-electron chi connectivity index (χ1n) is 7.56. The van der Waals surface area contributed by atoms with Gasteiger partial charge in [-0.05, 0) is 24.5 Å². The van der Waals surface area contributed by atoms with Crippen molar-refractivity contribution in [1.82, 2.24) is 0 Å². The molecule has 0 aliphatic carbocycles. The fourth-order valence-electron chi connectivity index (χ4n) is 3.65. The van der Waals surface area contributed by atoms with Crippen LogP contribution in [0.15, 0.2) is 48.5 Å². The summed E-state index contributed by atoms with van der Waals surface area (Å²) in [4.78, 5) is 0. The fraction of sp³-hybridized carbons (Fsp3) is 0.333. The first-order chi connectivity index (χ1) is 10.3. The predicted octanol–water partition coefficient (Wildman–Crippen LogP) is 4.97. The minimum absolute atomic E-state index is 0.152. The van der Waals surface area contributed by atoms with Crippen LogP contribution in [-0.2, 0) is 4.74 Å². The molecule has 108 valence electrons. The van der Waals surface area contributed by atoms with E-state index >= 15 is 0 Å². The van der Waals surface area contributed by atoms with E-state index in [1.54, 1.807) is 0 Å². The molecule has 1 N–H and O–H groups in total. The van der Waals surface area contributed by atoms with Gasteiger partial charge in [0.1, 0.15) is 0 Å². The molecule has 0 radical (unpaired) electrons. The second kappa shape index (κ2) is 5.36. The highest BCUT2D eigenvalue weighted by Crippen LogP contribution is 2.50. The molecule has 2 aromatic carbocycles. The van der Waals surface area contributed by atoms with Crippen LogP contribution in [0.5, 0.6) is 0 Å². The standard InChI is InChI=1S/C18H18ClNO/c19-15-10-4-8-14-17(15)20-16(12-6-2-1-3-7-12)13-9-5-11-21-18(13)14/h1-4,6-8,10,13,16,18,20H,5,9,11H2/t13-,16-,18+/m1/s1. The third kappa shape index (κ3) is 2.23. The Bertz CT molecular complexity index is 643. The van der Waals surface area contributed by atoms with Crippen molar-refractivity contribution in [1.29, 1.82) is 0 Å². The van der Waals surface area contributed by atoms with E-state index < -0.39 is 0 Å².